The van der Waals surface area contributed by atoms with E-state index in [2.05, 4.69) is 32.8 Å². The number of hydrogen-bond acceptors (Lipinski definition) is 5. The molecule has 1 aromatic heterocycles. The molecule has 0 bridgehead atoms. The number of fused-ring (bicyclic) bond motifs is 3. The zero-order valence-electron chi connectivity index (χ0n) is 11.8. The third kappa shape index (κ3) is 2.24. The standard InChI is InChI=1S/C16H15N3O2S/c20-16(21)12-8-11(5-6-17-12)10-3-4-13-14(9-10)22-18-15-2-1-7-19(13)15/h3-6,8-9,15,18H,1-2,7H2,(H,20,21). The zero-order valence-corrected chi connectivity index (χ0v) is 12.6. The van der Waals surface area contributed by atoms with E-state index in [-0.39, 0.29) is 5.69 Å². The molecule has 1 unspecified atom stereocenters. The molecule has 1 fully saturated rings. The second-order valence-electron chi connectivity index (χ2n) is 5.49. The van der Waals surface area contributed by atoms with Gasteiger partial charge >= 0.3 is 5.97 Å². The first kappa shape index (κ1) is 13.6. The van der Waals surface area contributed by atoms with Crippen molar-refractivity contribution in [1.82, 2.24) is 9.71 Å². The summed E-state index contributed by atoms with van der Waals surface area (Å²) in [5, 5.41) is 9.07. The molecule has 2 N–H and O–H groups in total. The number of hydrogen-bond donors (Lipinski definition) is 2. The SMILES string of the molecule is O=C(O)c1cc(-c2ccc3c(c2)SNC2CCCN32)ccn1. The highest BCUT2D eigenvalue weighted by Gasteiger charge is 2.30. The van der Waals surface area contributed by atoms with Crippen LogP contribution in [0.1, 0.15) is 23.3 Å². The Morgan fingerprint density at radius 2 is 2.18 bits per heavy atom. The van der Waals surface area contributed by atoms with E-state index in [1.165, 1.54) is 23.4 Å². The molecule has 1 saturated heterocycles. The molecule has 0 spiro atoms. The van der Waals surface area contributed by atoms with Gasteiger partial charge < -0.3 is 10.0 Å². The highest BCUT2D eigenvalue weighted by molar-refractivity contribution is 7.97. The van der Waals surface area contributed by atoms with Crippen molar-refractivity contribution < 1.29 is 9.90 Å². The number of aromatic carboxylic acids is 1. The molecule has 22 heavy (non-hydrogen) atoms. The van der Waals surface area contributed by atoms with Crippen molar-refractivity contribution in [3.63, 3.8) is 0 Å². The maximum Gasteiger partial charge on any atom is 0.354 e. The summed E-state index contributed by atoms with van der Waals surface area (Å²) in [6, 6.07) is 9.76. The number of rotatable bonds is 2. The summed E-state index contributed by atoms with van der Waals surface area (Å²) in [5.74, 6) is -1.00. The lowest BCUT2D eigenvalue weighted by Crippen LogP contribution is -2.41. The first-order valence-corrected chi connectivity index (χ1v) is 8.07. The van der Waals surface area contributed by atoms with Crippen LogP contribution in [0, 0.1) is 0 Å². The fraction of sp³-hybridized carbons (Fsp3) is 0.250. The quantitative estimate of drug-likeness (QED) is 0.831. The molecule has 0 radical (unpaired) electrons. The average molecular weight is 313 g/mol. The Bertz CT molecular complexity index is 750. The van der Waals surface area contributed by atoms with Crippen molar-refractivity contribution in [2.45, 2.75) is 23.9 Å². The van der Waals surface area contributed by atoms with Gasteiger partial charge in [-0.1, -0.05) is 6.07 Å². The fourth-order valence-electron chi connectivity index (χ4n) is 3.05. The summed E-state index contributed by atoms with van der Waals surface area (Å²) in [5.41, 5.74) is 3.22. The van der Waals surface area contributed by atoms with Crippen LogP contribution >= 0.6 is 11.9 Å². The van der Waals surface area contributed by atoms with Gasteiger partial charge in [0.05, 0.1) is 11.9 Å². The first-order valence-electron chi connectivity index (χ1n) is 7.25. The number of anilines is 1. The van der Waals surface area contributed by atoms with Gasteiger partial charge in [0.2, 0.25) is 0 Å². The van der Waals surface area contributed by atoms with Gasteiger partial charge in [-0.05, 0) is 60.2 Å². The van der Waals surface area contributed by atoms with Gasteiger partial charge in [0.15, 0.2) is 0 Å². The minimum absolute atomic E-state index is 0.0700. The second kappa shape index (κ2) is 5.30. The van der Waals surface area contributed by atoms with Crippen LogP contribution in [0.25, 0.3) is 11.1 Å². The van der Waals surface area contributed by atoms with E-state index < -0.39 is 5.97 Å². The normalized spacial score (nSPS) is 19.6. The molecule has 1 atom stereocenters. The summed E-state index contributed by atoms with van der Waals surface area (Å²) < 4.78 is 3.48. The zero-order chi connectivity index (χ0) is 15.1. The Labute approximate surface area is 132 Å². The van der Waals surface area contributed by atoms with E-state index in [4.69, 9.17) is 5.11 Å². The molecule has 1 aromatic carbocycles. The molecule has 6 heteroatoms. The molecule has 0 aliphatic carbocycles. The predicted molar refractivity (Wildman–Crippen MR) is 86.0 cm³/mol. The number of nitrogens with zero attached hydrogens (tertiary/aromatic N) is 2. The maximum absolute atomic E-state index is 11.1. The van der Waals surface area contributed by atoms with Gasteiger partial charge in [0.25, 0.3) is 0 Å². The molecule has 3 heterocycles. The monoisotopic (exact) mass is 313 g/mol. The van der Waals surface area contributed by atoms with E-state index in [9.17, 15) is 4.79 Å². The number of benzene rings is 1. The molecule has 112 valence electrons. The maximum atomic E-state index is 11.1. The summed E-state index contributed by atoms with van der Waals surface area (Å²) in [6.45, 7) is 1.09. The van der Waals surface area contributed by atoms with Crippen LogP contribution in [0.2, 0.25) is 0 Å². The average Bonchev–Trinajstić information content (AvgIpc) is 3.03. The largest absolute Gasteiger partial charge is 0.477 e. The summed E-state index contributed by atoms with van der Waals surface area (Å²) in [7, 11) is 0. The van der Waals surface area contributed by atoms with Crippen LogP contribution in [0.3, 0.4) is 0 Å². The van der Waals surface area contributed by atoms with Crippen LogP contribution in [-0.2, 0) is 0 Å². The van der Waals surface area contributed by atoms with E-state index in [1.807, 2.05) is 6.07 Å². The van der Waals surface area contributed by atoms with Crippen LogP contribution in [0.15, 0.2) is 41.4 Å². The molecule has 2 aliphatic rings. The number of aromatic nitrogens is 1. The number of carboxylic acids is 1. The lowest BCUT2D eigenvalue weighted by molar-refractivity contribution is 0.0690. The van der Waals surface area contributed by atoms with Crippen molar-refractivity contribution in [1.29, 1.82) is 0 Å². The second-order valence-corrected chi connectivity index (χ2v) is 6.37. The number of nitrogens with one attached hydrogen (secondary N) is 1. The molecule has 5 nitrogen and oxygen atoms in total. The van der Waals surface area contributed by atoms with Crippen LogP contribution in [0.5, 0.6) is 0 Å². The minimum atomic E-state index is -1.00. The first-order chi connectivity index (χ1) is 10.7. The van der Waals surface area contributed by atoms with Crippen LogP contribution < -0.4 is 9.62 Å². The lowest BCUT2D eigenvalue weighted by Gasteiger charge is -2.33. The smallest absolute Gasteiger partial charge is 0.354 e. The van der Waals surface area contributed by atoms with Crippen molar-refractivity contribution in [2.75, 3.05) is 11.4 Å². The topological polar surface area (TPSA) is 65.5 Å². The number of carbonyl (C=O) groups is 1. The number of carboxylic acid groups (broad SMARTS) is 1. The highest BCUT2D eigenvalue weighted by atomic mass is 32.2. The Morgan fingerprint density at radius 3 is 3.05 bits per heavy atom. The van der Waals surface area contributed by atoms with Crippen molar-refractivity contribution in [2.24, 2.45) is 0 Å². The molecule has 0 saturated carbocycles. The molecule has 4 rings (SSSR count). The van der Waals surface area contributed by atoms with E-state index >= 15 is 0 Å². The molecule has 2 aliphatic heterocycles. The van der Waals surface area contributed by atoms with E-state index in [1.54, 1.807) is 24.2 Å². The Hall–Kier alpha value is -2.05. The van der Waals surface area contributed by atoms with Crippen molar-refractivity contribution in [3.05, 3.63) is 42.2 Å². The Morgan fingerprint density at radius 1 is 1.32 bits per heavy atom. The highest BCUT2D eigenvalue weighted by Crippen LogP contribution is 2.40. The van der Waals surface area contributed by atoms with Gasteiger partial charge in [-0.25, -0.2) is 14.5 Å². The van der Waals surface area contributed by atoms with Gasteiger partial charge in [-0.15, -0.1) is 0 Å². The summed E-state index contributed by atoms with van der Waals surface area (Å²) in [6.07, 6.45) is 4.37. The minimum Gasteiger partial charge on any atom is -0.477 e. The van der Waals surface area contributed by atoms with Gasteiger partial charge in [-0.2, -0.15) is 0 Å². The summed E-state index contributed by atoms with van der Waals surface area (Å²) >= 11 is 1.66. The lowest BCUT2D eigenvalue weighted by atomic mass is 10.1. The Balaban J connectivity index is 1.73. The fourth-order valence-corrected chi connectivity index (χ4v) is 4.03. The summed E-state index contributed by atoms with van der Waals surface area (Å²) in [4.78, 5) is 18.5. The third-order valence-electron chi connectivity index (χ3n) is 4.14. The van der Waals surface area contributed by atoms with E-state index in [0.29, 0.717) is 6.17 Å². The van der Waals surface area contributed by atoms with Crippen LogP contribution in [0.4, 0.5) is 5.69 Å². The van der Waals surface area contributed by atoms with Gasteiger partial charge in [0.1, 0.15) is 5.69 Å². The molecule has 0 amide bonds. The van der Waals surface area contributed by atoms with Crippen molar-refractivity contribution >= 4 is 23.6 Å². The Kier molecular flexibility index (Phi) is 3.28. The molecular formula is C16H15N3O2S. The van der Waals surface area contributed by atoms with E-state index in [0.717, 1.165) is 17.7 Å². The molecule has 2 aromatic rings. The predicted octanol–water partition coefficient (Wildman–Crippen LogP) is 2.98. The van der Waals surface area contributed by atoms with Gasteiger partial charge in [-0.3, -0.25) is 0 Å². The van der Waals surface area contributed by atoms with Crippen LogP contribution in [-0.4, -0.2) is 28.8 Å². The third-order valence-corrected chi connectivity index (χ3v) is 5.08. The van der Waals surface area contributed by atoms with Crippen molar-refractivity contribution in [3.8, 4) is 11.1 Å². The van der Waals surface area contributed by atoms with Gasteiger partial charge in [0, 0.05) is 17.6 Å². The number of pyridine rings is 1. The molecular weight excluding hydrogens is 298 g/mol.